The Hall–Kier alpha value is -1.34. The van der Waals surface area contributed by atoms with Crippen molar-refractivity contribution in [2.75, 3.05) is 6.54 Å². The summed E-state index contributed by atoms with van der Waals surface area (Å²) in [7, 11) is 0. The molecule has 2 unspecified atom stereocenters. The fraction of sp³-hybridized carbons (Fsp3) is 0.474. The van der Waals surface area contributed by atoms with Gasteiger partial charge in [-0.15, -0.1) is 0 Å². The maximum Gasteiger partial charge on any atom is 0.00700 e. The lowest BCUT2D eigenvalue weighted by Gasteiger charge is -2.24. The van der Waals surface area contributed by atoms with E-state index >= 15 is 0 Å². The van der Waals surface area contributed by atoms with Gasteiger partial charge >= 0.3 is 0 Å². The van der Waals surface area contributed by atoms with Crippen LogP contribution in [0.5, 0.6) is 0 Å². The smallest absolute Gasteiger partial charge is 0.00700 e. The maximum absolute atomic E-state index is 3.65. The zero-order valence-electron chi connectivity index (χ0n) is 13.0. The fourth-order valence-electron chi connectivity index (χ4n) is 2.97. The lowest BCUT2D eigenvalue weighted by Crippen LogP contribution is -2.34. The van der Waals surface area contributed by atoms with E-state index in [9.17, 15) is 0 Å². The van der Waals surface area contributed by atoms with Crippen LogP contribution < -0.4 is 5.32 Å². The fourth-order valence-corrected chi connectivity index (χ4v) is 2.97. The quantitative estimate of drug-likeness (QED) is 0.761. The zero-order chi connectivity index (χ0) is 14.4. The van der Waals surface area contributed by atoms with Gasteiger partial charge in [-0.1, -0.05) is 62.7 Å². The Morgan fingerprint density at radius 2 is 1.75 bits per heavy atom. The summed E-state index contributed by atoms with van der Waals surface area (Å²) in [4.78, 5) is 0. The predicted molar refractivity (Wildman–Crippen MR) is 89.2 cm³/mol. The molecule has 1 heteroatoms. The highest BCUT2D eigenvalue weighted by molar-refractivity contribution is 5.85. The highest BCUT2D eigenvalue weighted by Crippen LogP contribution is 2.23. The van der Waals surface area contributed by atoms with Gasteiger partial charge in [0.25, 0.3) is 0 Å². The van der Waals surface area contributed by atoms with Gasteiger partial charge in [0.1, 0.15) is 0 Å². The Bertz CT molecular complexity index is 527. The number of fused-ring (bicyclic) bond motifs is 1. The second kappa shape index (κ2) is 7.44. The third-order valence-electron chi connectivity index (χ3n) is 4.31. The number of rotatable bonds is 7. The molecule has 2 aromatic rings. The van der Waals surface area contributed by atoms with Gasteiger partial charge in [-0.2, -0.15) is 0 Å². The molecule has 0 aliphatic rings. The summed E-state index contributed by atoms with van der Waals surface area (Å²) in [5, 5.41) is 6.42. The summed E-state index contributed by atoms with van der Waals surface area (Å²) in [5.74, 6) is 0.701. The Morgan fingerprint density at radius 3 is 2.50 bits per heavy atom. The molecule has 0 saturated carbocycles. The summed E-state index contributed by atoms with van der Waals surface area (Å²) in [6.45, 7) is 7.98. The summed E-state index contributed by atoms with van der Waals surface area (Å²) < 4.78 is 0. The van der Waals surface area contributed by atoms with Crippen LogP contribution in [0.25, 0.3) is 10.8 Å². The molecule has 1 nitrogen and oxygen atoms in total. The Labute approximate surface area is 123 Å². The molecule has 2 rings (SSSR count). The van der Waals surface area contributed by atoms with Gasteiger partial charge in [-0.25, -0.2) is 0 Å². The Morgan fingerprint density at radius 1 is 1.00 bits per heavy atom. The maximum atomic E-state index is 3.65. The number of nitrogens with one attached hydrogen (secondary N) is 1. The lowest BCUT2D eigenvalue weighted by molar-refractivity contribution is 0.363. The van der Waals surface area contributed by atoms with Crippen LogP contribution in [-0.2, 0) is 6.42 Å². The first-order valence-electron chi connectivity index (χ1n) is 7.96. The number of hydrogen-bond donors (Lipinski definition) is 1. The first kappa shape index (κ1) is 15.1. The van der Waals surface area contributed by atoms with Crippen molar-refractivity contribution in [2.24, 2.45) is 5.92 Å². The van der Waals surface area contributed by atoms with E-state index in [0.717, 1.165) is 13.0 Å². The van der Waals surface area contributed by atoms with Crippen LogP contribution in [0.3, 0.4) is 0 Å². The van der Waals surface area contributed by atoms with Crippen molar-refractivity contribution in [1.82, 2.24) is 5.32 Å². The van der Waals surface area contributed by atoms with Crippen LogP contribution in [0.4, 0.5) is 0 Å². The molecule has 0 amide bonds. The van der Waals surface area contributed by atoms with Crippen LogP contribution in [0.1, 0.15) is 39.2 Å². The van der Waals surface area contributed by atoms with E-state index < -0.39 is 0 Å². The van der Waals surface area contributed by atoms with Crippen molar-refractivity contribution in [2.45, 2.75) is 46.1 Å². The van der Waals surface area contributed by atoms with Crippen molar-refractivity contribution in [3.63, 3.8) is 0 Å². The van der Waals surface area contributed by atoms with Gasteiger partial charge in [-0.05, 0) is 48.6 Å². The molecular formula is C19H27N. The van der Waals surface area contributed by atoms with E-state index in [2.05, 4.69) is 68.6 Å². The third kappa shape index (κ3) is 3.61. The summed E-state index contributed by atoms with van der Waals surface area (Å²) >= 11 is 0. The first-order valence-corrected chi connectivity index (χ1v) is 7.96. The van der Waals surface area contributed by atoms with Gasteiger partial charge in [0.15, 0.2) is 0 Å². The van der Waals surface area contributed by atoms with E-state index in [4.69, 9.17) is 0 Å². The van der Waals surface area contributed by atoms with Crippen molar-refractivity contribution in [3.05, 3.63) is 48.0 Å². The minimum absolute atomic E-state index is 0.582. The van der Waals surface area contributed by atoms with Crippen molar-refractivity contribution < 1.29 is 0 Å². The highest BCUT2D eigenvalue weighted by Gasteiger charge is 2.16. The Kier molecular flexibility index (Phi) is 5.60. The van der Waals surface area contributed by atoms with Crippen molar-refractivity contribution in [1.29, 1.82) is 0 Å². The van der Waals surface area contributed by atoms with E-state index in [1.165, 1.54) is 29.2 Å². The molecule has 0 bridgehead atoms. The third-order valence-corrected chi connectivity index (χ3v) is 4.31. The van der Waals surface area contributed by atoms with Gasteiger partial charge in [0.05, 0.1) is 0 Å². The Balaban J connectivity index is 2.17. The monoisotopic (exact) mass is 269 g/mol. The molecular weight excluding hydrogens is 242 g/mol. The molecule has 0 spiro atoms. The van der Waals surface area contributed by atoms with Crippen LogP contribution in [0, 0.1) is 5.92 Å². The molecule has 0 saturated heterocycles. The molecule has 1 N–H and O–H groups in total. The second-order valence-electron chi connectivity index (χ2n) is 5.75. The predicted octanol–water partition coefficient (Wildman–Crippen LogP) is 4.80. The molecule has 0 fully saturated rings. The van der Waals surface area contributed by atoms with E-state index in [1.54, 1.807) is 0 Å². The molecule has 0 aromatic heterocycles. The van der Waals surface area contributed by atoms with E-state index in [-0.39, 0.29) is 0 Å². The normalized spacial score (nSPS) is 14.3. The standard InChI is InChI=1S/C19H27N/c1-4-13-20-15(3)16(5-2)14-18-11-8-10-17-9-6-7-12-19(17)18/h6-12,15-16,20H,4-5,13-14H2,1-3H3. The van der Waals surface area contributed by atoms with Crippen LogP contribution in [0.15, 0.2) is 42.5 Å². The van der Waals surface area contributed by atoms with Crippen LogP contribution in [-0.4, -0.2) is 12.6 Å². The van der Waals surface area contributed by atoms with Crippen molar-refractivity contribution in [3.8, 4) is 0 Å². The SMILES string of the molecule is CCCNC(C)C(CC)Cc1cccc2ccccc12. The molecule has 2 atom stereocenters. The molecule has 0 radical (unpaired) electrons. The van der Waals surface area contributed by atoms with E-state index in [0.29, 0.717) is 12.0 Å². The zero-order valence-corrected chi connectivity index (χ0v) is 13.0. The summed E-state index contributed by atoms with van der Waals surface area (Å²) in [6.07, 6.45) is 3.59. The molecule has 2 aromatic carbocycles. The van der Waals surface area contributed by atoms with Gasteiger partial charge in [-0.3, -0.25) is 0 Å². The van der Waals surface area contributed by atoms with Crippen molar-refractivity contribution >= 4 is 10.8 Å². The molecule has 108 valence electrons. The topological polar surface area (TPSA) is 12.0 Å². The van der Waals surface area contributed by atoms with Gasteiger partial charge in [0, 0.05) is 6.04 Å². The minimum Gasteiger partial charge on any atom is -0.314 e. The molecule has 0 aliphatic carbocycles. The minimum atomic E-state index is 0.582. The average molecular weight is 269 g/mol. The van der Waals surface area contributed by atoms with E-state index in [1.807, 2.05) is 0 Å². The van der Waals surface area contributed by atoms with Crippen LogP contribution >= 0.6 is 0 Å². The summed E-state index contributed by atoms with van der Waals surface area (Å²) in [6, 6.07) is 16.0. The number of benzene rings is 2. The van der Waals surface area contributed by atoms with Gasteiger partial charge < -0.3 is 5.32 Å². The highest BCUT2D eigenvalue weighted by atomic mass is 14.9. The molecule has 20 heavy (non-hydrogen) atoms. The first-order chi connectivity index (χ1) is 9.76. The molecule has 0 aliphatic heterocycles. The van der Waals surface area contributed by atoms with Gasteiger partial charge in [0.2, 0.25) is 0 Å². The van der Waals surface area contributed by atoms with Crippen LogP contribution in [0.2, 0.25) is 0 Å². The average Bonchev–Trinajstić information content (AvgIpc) is 2.50. The summed E-state index contributed by atoms with van der Waals surface area (Å²) in [5.41, 5.74) is 1.49. The second-order valence-corrected chi connectivity index (χ2v) is 5.75. The number of hydrogen-bond acceptors (Lipinski definition) is 1. The lowest BCUT2D eigenvalue weighted by atomic mass is 9.88. The molecule has 0 heterocycles. The largest absolute Gasteiger partial charge is 0.314 e.